The molecular weight excluding hydrogens is 749 g/mol. The molecule has 7 N–H and O–H groups in total. The van der Waals surface area contributed by atoms with Crippen LogP contribution in [0.25, 0.3) is 0 Å². The Labute approximate surface area is 338 Å². The molecule has 1 aromatic heterocycles. The summed E-state index contributed by atoms with van der Waals surface area (Å²) in [7, 11) is 3.10. The molecule has 1 saturated carbocycles. The number of hydrogen-bond donors (Lipinski definition) is 7. The molecule has 1 aromatic carbocycles. The van der Waals surface area contributed by atoms with Gasteiger partial charge in [0.25, 0.3) is 11.8 Å². The fraction of sp³-hybridized carbons (Fsp3) is 0.550. The normalized spacial score (nSPS) is 18.6. The molecular formula is C40H56N10O8. The summed E-state index contributed by atoms with van der Waals surface area (Å²) < 4.78 is 0. The molecule has 2 fully saturated rings. The van der Waals surface area contributed by atoms with Crippen molar-refractivity contribution >= 4 is 47.1 Å². The number of carbonyl (C=O) groups excluding carboxylic acids is 8. The molecule has 1 saturated heterocycles. The third-order valence-electron chi connectivity index (χ3n) is 10.4. The first-order valence-electron chi connectivity index (χ1n) is 19.9. The van der Waals surface area contributed by atoms with Crippen LogP contribution in [-0.2, 0) is 33.6 Å². The Bertz CT molecular complexity index is 1760. The molecule has 2 aliphatic rings. The van der Waals surface area contributed by atoms with E-state index in [-0.39, 0.29) is 43.5 Å². The predicted octanol–water partition coefficient (Wildman–Crippen LogP) is -0.330. The zero-order valence-corrected chi connectivity index (χ0v) is 33.5. The monoisotopic (exact) mass is 804 g/mol. The minimum atomic E-state index is -1.21. The van der Waals surface area contributed by atoms with Gasteiger partial charge < -0.3 is 42.1 Å². The van der Waals surface area contributed by atoms with Gasteiger partial charge in [-0.2, -0.15) is 0 Å². The summed E-state index contributed by atoms with van der Waals surface area (Å²) in [4.78, 5) is 115. The lowest BCUT2D eigenvalue weighted by molar-refractivity contribution is -0.141. The Morgan fingerprint density at radius 2 is 1.57 bits per heavy atom. The van der Waals surface area contributed by atoms with Gasteiger partial charge in [0, 0.05) is 39.6 Å². The van der Waals surface area contributed by atoms with E-state index < -0.39 is 83.9 Å². The van der Waals surface area contributed by atoms with Crippen molar-refractivity contribution in [1.29, 1.82) is 0 Å². The van der Waals surface area contributed by atoms with Gasteiger partial charge in [0.05, 0.1) is 30.7 Å². The maximum atomic E-state index is 13.7. The molecule has 58 heavy (non-hydrogen) atoms. The van der Waals surface area contributed by atoms with E-state index in [1.54, 1.807) is 58.3 Å². The van der Waals surface area contributed by atoms with Crippen LogP contribution in [0.15, 0.2) is 48.9 Å². The summed E-state index contributed by atoms with van der Waals surface area (Å²) in [5, 5.41) is 19.1. The number of hydrogen-bond acceptors (Lipinski definition) is 11. The molecule has 314 valence electrons. The van der Waals surface area contributed by atoms with Gasteiger partial charge in [0.1, 0.15) is 23.8 Å². The highest BCUT2D eigenvalue weighted by atomic mass is 16.2. The van der Waals surface area contributed by atoms with E-state index in [4.69, 9.17) is 0 Å². The first-order chi connectivity index (χ1) is 27.8. The second-order valence-electron chi connectivity index (χ2n) is 14.8. The lowest BCUT2D eigenvalue weighted by Crippen LogP contribution is -2.58. The summed E-state index contributed by atoms with van der Waals surface area (Å²) in [6.45, 7) is 3.33. The number of nitrogens with zero attached hydrogens (tertiary/aromatic N) is 3. The molecule has 0 unspecified atom stereocenters. The molecule has 2 aromatic rings. The number of carbonyl (C=O) groups is 8. The first kappa shape index (κ1) is 44.9. The van der Waals surface area contributed by atoms with Crippen molar-refractivity contribution in [2.24, 2.45) is 11.8 Å². The molecule has 1 aliphatic heterocycles. The number of rotatable bonds is 19. The fourth-order valence-corrected chi connectivity index (χ4v) is 7.15. The van der Waals surface area contributed by atoms with Gasteiger partial charge in [-0.05, 0) is 37.2 Å². The van der Waals surface area contributed by atoms with Gasteiger partial charge in [0.2, 0.25) is 35.3 Å². The van der Waals surface area contributed by atoms with Crippen molar-refractivity contribution in [3.8, 4) is 0 Å². The maximum Gasteiger partial charge on any atom is 0.290 e. The molecule has 0 radical (unpaired) electrons. The second kappa shape index (κ2) is 22.2. The molecule has 2 heterocycles. The first-order valence-corrected chi connectivity index (χ1v) is 19.9. The third kappa shape index (κ3) is 12.6. The van der Waals surface area contributed by atoms with Crippen LogP contribution < -0.4 is 37.2 Å². The van der Waals surface area contributed by atoms with Crippen LogP contribution in [0.3, 0.4) is 0 Å². The summed E-state index contributed by atoms with van der Waals surface area (Å²) in [6, 6.07) is 3.78. The van der Waals surface area contributed by atoms with E-state index in [0.29, 0.717) is 12.0 Å². The third-order valence-corrected chi connectivity index (χ3v) is 10.4. The van der Waals surface area contributed by atoms with Crippen molar-refractivity contribution in [2.45, 2.75) is 95.4 Å². The highest BCUT2D eigenvalue weighted by Crippen LogP contribution is 2.27. The zero-order valence-electron chi connectivity index (χ0n) is 33.5. The van der Waals surface area contributed by atoms with Crippen molar-refractivity contribution < 1.29 is 38.4 Å². The average molecular weight is 805 g/mol. The Kier molecular flexibility index (Phi) is 17.2. The van der Waals surface area contributed by atoms with Gasteiger partial charge in [-0.15, -0.1) is 0 Å². The number of benzene rings is 1. The van der Waals surface area contributed by atoms with Gasteiger partial charge in [-0.3, -0.25) is 43.3 Å². The molecule has 0 bridgehead atoms. The quantitative estimate of drug-likeness (QED) is 0.0906. The standard InChI is InChI=1S/C40H56N10O8/c1-5-13-28(34(52)39(57)44-23-31(51)48-33(40(58)50(3)4)25-16-11-8-12-17-25)46-35(53)26-20-42-21-29(26)47-36(54)27(6-2)45-38(56)32(24-14-9-7-10-15-24)49-37(55)30-22-41-18-19-43-30/h8,11-12,16-19,22,24,26-29,32-33,42H,5-7,9-10,13-15,20-21,23H2,1-4H3,(H,44,57)(H,45,56)(H,46,53)(H,47,54)(H,48,51)(H,49,55)/t26-,27+,28+,29+,32+,33+/m1/s1. The number of aromatic nitrogens is 2. The van der Waals surface area contributed by atoms with Gasteiger partial charge >= 0.3 is 0 Å². The molecule has 6 atom stereocenters. The van der Waals surface area contributed by atoms with E-state index in [1.807, 2.05) is 0 Å². The summed E-state index contributed by atoms with van der Waals surface area (Å²) in [6.07, 6.45) is 9.26. The van der Waals surface area contributed by atoms with Gasteiger partial charge in [0.15, 0.2) is 0 Å². The molecule has 18 nitrogen and oxygen atoms in total. The van der Waals surface area contributed by atoms with E-state index in [1.165, 1.54) is 23.5 Å². The van der Waals surface area contributed by atoms with Crippen LogP contribution in [0.5, 0.6) is 0 Å². The van der Waals surface area contributed by atoms with E-state index in [0.717, 1.165) is 32.1 Å². The van der Waals surface area contributed by atoms with E-state index in [9.17, 15) is 38.4 Å². The smallest absolute Gasteiger partial charge is 0.290 e. The highest BCUT2D eigenvalue weighted by molar-refractivity contribution is 6.38. The fourth-order valence-electron chi connectivity index (χ4n) is 7.15. The Morgan fingerprint density at radius 3 is 2.21 bits per heavy atom. The van der Waals surface area contributed by atoms with Crippen LogP contribution in [-0.4, -0.2) is 120 Å². The SMILES string of the molecule is CCC[C@H](NC(=O)[C@@H]1CNC[C@@H]1NC(=O)[C@H](CC)NC(=O)[C@@H](NC(=O)c1cnccn1)C1CCCCC1)C(=O)C(=O)NCC(=O)N[C@H](C(=O)N(C)C)c1ccccc1. The molecule has 4 rings (SSSR count). The molecule has 0 spiro atoms. The van der Waals surface area contributed by atoms with Crippen LogP contribution >= 0.6 is 0 Å². The number of amides is 7. The Morgan fingerprint density at radius 1 is 0.845 bits per heavy atom. The summed E-state index contributed by atoms with van der Waals surface area (Å²) in [5.74, 6) is -6.21. The van der Waals surface area contributed by atoms with Crippen LogP contribution in [0, 0.1) is 11.8 Å². The molecule has 18 heteroatoms. The zero-order chi connectivity index (χ0) is 42.2. The average Bonchev–Trinajstić information content (AvgIpc) is 3.71. The Balaban J connectivity index is 1.34. The number of Topliss-reactive ketones (excluding diaryl/α,β-unsaturated/α-hetero) is 1. The Hall–Kier alpha value is -5.78. The van der Waals surface area contributed by atoms with Crippen molar-refractivity contribution in [3.05, 3.63) is 60.2 Å². The molecule has 1 aliphatic carbocycles. The van der Waals surface area contributed by atoms with Crippen LogP contribution in [0.2, 0.25) is 0 Å². The van der Waals surface area contributed by atoms with Crippen LogP contribution in [0.1, 0.15) is 87.3 Å². The minimum absolute atomic E-state index is 0.0666. The van der Waals surface area contributed by atoms with Crippen molar-refractivity contribution in [3.63, 3.8) is 0 Å². The topological polar surface area (TPSA) is 250 Å². The lowest BCUT2D eigenvalue weighted by Gasteiger charge is -2.31. The van der Waals surface area contributed by atoms with Crippen LogP contribution in [0.4, 0.5) is 0 Å². The van der Waals surface area contributed by atoms with Crippen molar-refractivity contribution in [2.75, 3.05) is 33.7 Å². The lowest BCUT2D eigenvalue weighted by atomic mass is 9.83. The van der Waals surface area contributed by atoms with Gasteiger partial charge in [-0.1, -0.05) is 69.9 Å². The van der Waals surface area contributed by atoms with E-state index in [2.05, 4.69) is 47.2 Å². The predicted molar refractivity (Wildman–Crippen MR) is 211 cm³/mol. The maximum absolute atomic E-state index is 13.7. The number of ketones is 1. The summed E-state index contributed by atoms with van der Waals surface area (Å²) >= 11 is 0. The minimum Gasteiger partial charge on any atom is -0.349 e. The second-order valence-corrected chi connectivity index (χ2v) is 14.8. The van der Waals surface area contributed by atoms with Crippen molar-refractivity contribution in [1.82, 2.24) is 52.1 Å². The molecule has 7 amide bonds. The number of likely N-dealkylation sites (N-methyl/N-ethyl adjacent to an activating group) is 1. The van der Waals surface area contributed by atoms with Gasteiger partial charge in [-0.25, -0.2) is 4.98 Å². The highest BCUT2D eigenvalue weighted by Gasteiger charge is 2.39. The summed E-state index contributed by atoms with van der Waals surface area (Å²) in [5.41, 5.74) is 0.606. The van der Waals surface area contributed by atoms with E-state index >= 15 is 0 Å². The number of nitrogens with one attached hydrogen (secondary N) is 7. The largest absolute Gasteiger partial charge is 0.349 e.